The molecular weight excluding hydrogens is 176 g/mol. The van der Waals surface area contributed by atoms with Crippen molar-refractivity contribution in [1.29, 1.82) is 0 Å². The summed E-state index contributed by atoms with van der Waals surface area (Å²) in [5.74, 6) is 0.680. The molecule has 0 radical (unpaired) electrons. The van der Waals surface area contributed by atoms with Gasteiger partial charge in [0.15, 0.2) is 6.29 Å². The predicted octanol–water partition coefficient (Wildman–Crippen LogP) is 2.60. The molecule has 1 aliphatic carbocycles. The summed E-state index contributed by atoms with van der Waals surface area (Å²) >= 11 is 0. The maximum atomic E-state index is 10.7. The molecule has 1 unspecified atom stereocenters. The van der Waals surface area contributed by atoms with Crippen molar-refractivity contribution in [3.8, 4) is 5.75 Å². The monoisotopic (exact) mass is 188 g/mol. The maximum absolute atomic E-state index is 10.7. The fraction of sp³-hybridized carbons (Fsp3) is 0.250. The summed E-state index contributed by atoms with van der Waals surface area (Å²) < 4.78 is 5.68. The molecule has 72 valence electrons. The van der Waals surface area contributed by atoms with Crippen molar-refractivity contribution in [2.45, 2.75) is 18.9 Å². The number of carbonyl (C=O) groups is 1. The van der Waals surface area contributed by atoms with Gasteiger partial charge in [-0.25, -0.2) is 0 Å². The Labute approximate surface area is 83.2 Å². The lowest BCUT2D eigenvalue weighted by Gasteiger charge is -2.12. The average Bonchev–Trinajstić information content (AvgIpc) is 2.71. The van der Waals surface area contributed by atoms with Gasteiger partial charge in [-0.3, -0.25) is 4.79 Å². The van der Waals surface area contributed by atoms with Gasteiger partial charge in [0.1, 0.15) is 11.9 Å². The van der Waals surface area contributed by atoms with Crippen LogP contribution < -0.4 is 4.74 Å². The van der Waals surface area contributed by atoms with E-state index in [-0.39, 0.29) is 6.10 Å². The molecule has 0 bridgehead atoms. The standard InChI is InChI=1S/C12H12O2/c13-9-10-5-1-4-8-12(10)14-11-6-2-3-7-11/h1-2,4-6,8-9,11H,3,7H2. The molecule has 0 saturated heterocycles. The molecule has 0 aliphatic heterocycles. The van der Waals surface area contributed by atoms with Crippen LogP contribution in [-0.2, 0) is 0 Å². The molecule has 0 spiro atoms. The van der Waals surface area contributed by atoms with E-state index in [0.29, 0.717) is 11.3 Å². The van der Waals surface area contributed by atoms with E-state index in [1.807, 2.05) is 24.3 Å². The number of ether oxygens (including phenoxy) is 1. The van der Waals surface area contributed by atoms with Gasteiger partial charge in [-0.15, -0.1) is 0 Å². The summed E-state index contributed by atoms with van der Waals surface area (Å²) in [7, 11) is 0. The molecule has 1 aromatic rings. The van der Waals surface area contributed by atoms with Crippen LogP contribution in [0.2, 0.25) is 0 Å². The van der Waals surface area contributed by atoms with E-state index in [4.69, 9.17) is 4.74 Å². The Morgan fingerprint density at radius 1 is 1.36 bits per heavy atom. The van der Waals surface area contributed by atoms with Crippen molar-refractivity contribution in [3.05, 3.63) is 42.0 Å². The highest BCUT2D eigenvalue weighted by molar-refractivity contribution is 5.79. The van der Waals surface area contributed by atoms with Crippen molar-refractivity contribution < 1.29 is 9.53 Å². The zero-order chi connectivity index (χ0) is 9.80. The third-order valence-corrected chi connectivity index (χ3v) is 2.29. The first-order valence-corrected chi connectivity index (χ1v) is 4.77. The van der Waals surface area contributed by atoms with Crippen LogP contribution in [0.3, 0.4) is 0 Å². The Morgan fingerprint density at radius 2 is 2.21 bits per heavy atom. The van der Waals surface area contributed by atoms with Crippen LogP contribution in [0.1, 0.15) is 23.2 Å². The van der Waals surface area contributed by atoms with E-state index >= 15 is 0 Å². The lowest BCUT2D eigenvalue weighted by atomic mass is 10.2. The van der Waals surface area contributed by atoms with Gasteiger partial charge in [0, 0.05) is 0 Å². The number of rotatable bonds is 3. The van der Waals surface area contributed by atoms with E-state index < -0.39 is 0 Å². The highest BCUT2D eigenvalue weighted by atomic mass is 16.5. The Balaban J connectivity index is 2.14. The molecule has 0 fully saturated rings. The van der Waals surface area contributed by atoms with Crippen LogP contribution in [0.15, 0.2) is 36.4 Å². The largest absolute Gasteiger partial charge is 0.486 e. The molecule has 0 aromatic heterocycles. The number of para-hydroxylation sites is 1. The van der Waals surface area contributed by atoms with Gasteiger partial charge in [0.25, 0.3) is 0 Å². The molecular formula is C12H12O2. The summed E-state index contributed by atoms with van der Waals surface area (Å²) in [6, 6.07) is 7.30. The Bertz CT molecular complexity index is 355. The number of hydrogen-bond donors (Lipinski definition) is 0. The normalized spacial score (nSPS) is 19.6. The van der Waals surface area contributed by atoms with Crippen molar-refractivity contribution in [3.63, 3.8) is 0 Å². The SMILES string of the molecule is O=Cc1ccccc1OC1C=CCC1. The smallest absolute Gasteiger partial charge is 0.153 e. The predicted molar refractivity (Wildman–Crippen MR) is 54.6 cm³/mol. The number of carbonyl (C=O) groups excluding carboxylic acids is 1. The first kappa shape index (κ1) is 9.00. The van der Waals surface area contributed by atoms with E-state index in [1.165, 1.54) is 0 Å². The van der Waals surface area contributed by atoms with Crippen LogP contribution in [0.25, 0.3) is 0 Å². The summed E-state index contributed by atoms with van der Waals surface area (Å²) in [6.07, 6.45) is 7.18. The van der Waals surface area contributed by atoms with Crippen LogP contribution in [0, 0.1) is 0 Å². The molecule has 0 amide bonds. The molecule has 1 atom stereocenters. The van der Waals surface area contributed by atoms with E-state index in [0.717, 1.165) is 19.1 Å². The summed E-state index contributed by atoms with van der Waals surface area (Å²) in [6.45, 7) is 0. The number of aldehydes is 1. The van der Waals surface area contributed by atoms with Crippen molar-refractivity contribution in [1.82, 2.24) is 0 Å². The minimum Gasteiger partial charge on any atom is -0.486 e. The average molecular weight is 188 g/mol. The second kappa shape index (κ2) is 4.09. The zero-order valence-electron chi connectivity index (χ0n) is 7.85. The minimum absolute atomic E-state index is 0.135. The molecule has 1 aliphatic rings. The van der Waals surface area contributed by atoms with Crippen molar-refractivity contribution in [2.75, 3.05) is 0 Å². The molecule has 2 rings (SSSR count). The lowest BCUT2D eigenvalue weighted by molar-refractivity contribution is 0.111. The fourth-order valence-electron chi connectivity index (χ4n) is 1.55. The van der Waals surface area contributed by atoms with Gasteiger partial charge in [-0.2, -0.15) is 0 Å². The third kappa shape index (κ3) is 1.84. The summed E-state index contributed by atoms with van der Waals surface area (Å²) in [4.78, 5) is 10.7. The van der Waals surface area contributed by atoms with Gasteiger partial charge in [-0.05, 0) is 31.1 Å². The maximum Gasteiger partial charge on any atom is 0.153 e. The summed E-state index contributed by atoms with van der Waals surface area (Å²) in [5.41, 5.74) is 0.618. The third-order valence-electron chi connectivity index (χ3n) is 2.29. The van der Waals surface area contributed by atoms with Crippen LogP contribution in [0.4, 0.5) is 0 Å². The number of hydrogen-bond acceptors (Lipinski definition) is 2. The molecule has 2 heteroatoms. The first-order valence-electron chi connectivity index (χ1n) is 4.77. The van der Waals surface area contributed by atoms with Gasteiger partial charge in [-0.1, -0.05) is 18.2 Å². The molecule has 14 heavy (non-hydrogen) atoms. The Morgan fingerprint density at radius 3 is 2.93 bits per heavy atom. The topological polar surface area (TPSA) is 26.3 Å². The molecule has 0 heterocycles. The van der Waals surface area contributed by atoms with Crippen LogP contribution in [0.5, 0.6) is 5.75 Å². The van der Waals surface area contributed by atoms with Gasteiger partial charge < -0.3 is 4.74 Å². The van der Waals surface area contributed by atoms with Gasteiger partial charge >= 0.3 is 0 Å². The lowest BCUT2D eigenvalue weighted by Crippen LogP contribution is -2.10. The van der Waals surface area contributed by atoms with E-state index in [1.54, 1.807) is 6.07 Å². The second-order valence-electron chi connectivity index (χ2n) is 3.32. The molecule has 0 N–H and O–H groups in total. The van der Waals surface area contributed by atoms with E-state index in [9.17, 15) is 4.79 Å². The quantitative estimate of drug-likeness (QED) is 0.538. The minimum atomic E-state index is 0.135. The number of allylic oxidation sites excluding steroid dienone is 1. The second-order valence-corrected chi connectivity index (χ2v) is 3.32. The van der Waals surface area contributed by atoms with Crippen molar-refractivity contribution in [2.24, 2.45) is 0 Å². The van der Waals surface area contributed by atoms with Gasteiger partial charge in [0.05, 0.1) is 5.56 Å². The Hall–Kier alpha value is -1.57. The highest BCUT2D eigenvalue weighted by Crippen LogP contribution is 2.21. The van der Waals surface area contributed by atoms with Gasteiger partial charge in [0.2, 0.25) is 0 Å². The fourth-order valence-corrected chi connectivity index (χ4v) is 1.55. The van der Waals surface area contributed by atoms with E-state index in [2.05, 4.69) is 6.08 Å². The van der Waals surface area contributed by atoms with Crippen LogP contribution >= 0.6 is 0 Å². The summed E-state index contributed by atoms with van der Waals surface area (Å²) in [5, 5.41) is 0. The molecule has 2 nitrogen and oxygen atoms in total. The molecule has 1 aromatic carbocycles. The highest BCUT2D eigenvalue weighted by Gasteiger charge is 2.12. The number of benzene rings is 1. The zero-order valence-corrected chi connectivity index (χ0v) is 7.85. The van der Waals surface area contributed by atoms with Crippen LogP contribution in [-0.4, -0.2) is 12.4 Å². The molecule has 0 saturated carbocycles. The first-order chi connectivity index (χ1) is 6.90. The van der Waals surface area contributed by atoms with Crippen molar-refractivity contribution >= 4 is 6.29 Å². The Kier molecular flexibility index (Phi) is 2.63.